The van der Waals surface area contributed by atoms with Gasteiger partial charge in [-0.05, 0) is 43.2 Å². The van der Waals surface area contributed by atoms with E-state index in [1.54, 1.807) is 6.20 Å². The molecule has 0 amide bonds. The maximum absolute atomic E-state index is 5.78. The Hall–Kier alpha value is -2.29. The van der Waals surface area contributed by atoms with Crippen LogP contribution >= 0.6 is 0 Å². The Morgan fingerprint density at radius 1 is 1.33 bits per heavy atom. The van der Waals surface area contributed by atoms with Crippen molar-refractivity contribution in [1.29, 1.82) is 0 Å². The van der Waals surface area contributed by atoms with Gasteiger partial charge in [0.2, 0.25) is 5.88 Å². The Labute approximate surface area is 107 Å². The summed E-state index contributed by atoms with van der Waals surface area (Å²) in [6.07, 6.45) is 4.27. The molecule has 0 bridgehead atoms. The van der Waals surface area contributed by atoms with Crippen molar-refractivity contribution < 1.29 is 4.74 Å². The highest BCUT2D eigenvalue weighted by molar-refractivity contribution is 5.49. The van der Waals surface area contributed by atoms with Crippen molar-refractivity contribution in [3.63, 3.8) is 0 Å². The standard InChI is InChI=1S/C15H16N2O/c1-3-4-12-10-13(16)5-6-14(12)18-15-9-11(2)7-8-17-15/h3,5-10H,1,4,16H2,2H3. The molecule has 2 N–H and O–H groups in total. The SMILES string of the molecule is C=CCc1cc(N)ccc1Oc1cc(C)ccn1. The third-order valence-electron chi connectivity index (χ3n) is 2.55. The summed E-state index contributed by atoms with van der Waals surface area (Å²) in [7, 11) is 0. The van der Waals surface area contributed by atoms with Crippen LogP contribution in [0.4, 0.5) is 5.69 Å². The highest BCUT2D eigenvalue weighted by Crippen LogP contribution is 2.26. The fourth-order valence-corrected chi connectivity index (χ4v) is 1.69. The molecule has 2 aromatic rings. The minimum Gasteiger partial charge on any atom is -0.439 e. The van der Waals surface area contributed by atoms with Gasteiger partial charge in [-0.2, -0.15) is 0 Å². The summed E-state index contributed by atoms with van der Waals surface area (Å²) in [5.74, 6) is 1.35. The van der Waals surface area contributed by atoms with Crippen molar-refractivity contribution in [2.75, 3.05) is 5.73 Å². The van der Waals surface area contributed by atoms with Gasteiger partial charge in [-0.3, -0.25) is 0 Å². The summed E-state index contributed by atoms with van der Waals surface area (Å²) in [5.41, 5.74) is 8.61. The highest BCUT2D eigenvalue weighted by atomic mass is 16.5. The first-order valence-corrected chi connectivity index (χ1v) is 5.79. The molecule has 0 unspecified atom stereocenters. The fourth-order valence-electron chi connectivity index (χ4n) is 1.69. The van der Waals surface area contributed by atoms with Gasteiger partial charge in [-0.15, -0.1) is 6.58 Å². The first-order chi connectivity index (χ1) is 8.69. The lowest BCUT2D eigenvalue weighted by atomic mass is 10.1. The van der Waals surface area contributed by atoms with Crippen LogP contribution in [0.1, 0.15) is 11.1 Å². The smallest absolute Gasteiger partial charge is 0.219 e. The van der Waals surface area contributed by atoms with Crippen molar-refractivity contribution >= 4 is 5.69 Å². The van der Waals surface area contributed by atoms with E-state index in [1.165, 1.54) is 0 Å². The first-order valence-electron chi connectivity index (χ1n) is 5.79. The second-order valence-electron chi connectivity index (χ2n) is 4.13. The zero-order valence-corrected chi connectivity index (χ0v) is 10.4. The third kappa shape index (κ3) is 2.88. The number of benzene rings is 1. The molecule has 0 aliphatic carbocycles. The average molecular weight is 240 g/mol. The zero-order chi connectivity index (χ0) is 13.0. The molecule has 0 atom stereocenters. The summed E-state index contributed by atoms with van der Waals surface area (Å²) >= 11 is 0. The van der Waals surface area contributed by atoms with Crippen LogP contribution in [-0.4, -0.2) is 4.98 Å². The Balaban J connectivity index is 2.30. The number of anilines is 1. The van der Waals surface area contributed by atoms with E-state index in [1.807, 2.05) is 43.3 Å². The molecule has 0 fully saturated rings. The van der Waals surface area contributed by atoms with Crippen molar-refractivity contribution in [1.82, 2.24) is 4.98 Å². The van der Waals surface area contributed by atoms with Crippen LogP contribution in [0.3, 0.4) is 0 Å². The molecule has 1 aromatic heterocycles. The topological polar surface area (TPSA) is 48.1 Å². The number of hydrogen-bond acceptors (Lipinski definition) is 3. The zero-order valence-electron chi connectivity index (χ0n) is 10.4. The fraction of sp³-hybridized carbons (Fsp3) is 0.133. The monoisotopic (exact) mass is 240 g/mol. The number of hydrogen-bond donors (Lipinski definition) is 1. The van der Waals surface area contributed by atoms with Crippen molar-refractivity contribution in [2.24, 2.45) is 0 Å². The molecule has 0 saturated heterocycles. The molecule has 0 radical (unpaired) electrons. The Morgan fingerprint density at radius 3 is 2.89 bits per heavy atom. The molecule has 3 nitrogen and oxygen atoms in total. The van der Waals surface area contributed by atoms with Gasteiger partial charge in [0.25, 0.3) is 0 Å². The molecular formula is C15H16N2O. The van der Waals surface area contributed by atoms with E-state index in [-0.39, 0.29) is 0 Å². The minimum atomic E-state index is 0.588. The molecule has 0 aliphatic rings. The third-order valence-corrected chi connectivity index (χ3v) is 2.55. The maximum atomic E-state index is 5.78. The summed E-state index contributed by atoms with van der Waals surface area (Å²) in [6.45, 7) is 5.74. The van der Waals surface area contributed by atoms with Crippen molar-refractivity contribution in [3.05, 3.63) is 60.3 Å². The molecule has 1 aromatic carbocycles. The second-order valence-corrected chi connectivity index (χ2v) is 4.13. The summed E-state index contributed by atoms with van der Waals surface area (Å²) in [6, 6.07) is 9.40. The number of nitrogens with zero attached hydrogens (tertiary/aromatic N) is 1. The van der Waals surface area contributed by atoms with Crippen molar-refractivity contribution in [2.45, 2.75) is 13.3 Å². The van der Waals surface area contributed by atoms with Gasteiger partial charge in [0, 0.05) is 23.5 Å². The number of nitrogen functional groups attached to an aromatic ring is 1. The van der Waals surface area contributed by atoms with Gasteiger partial charge in [0.05, 0.1) is 0 Å². The van der Waals surface area contributed by atoms with Gasteiger partial charge in [-0.1, -0.05) is 6.08 Å². The lowest BCUT2D eigenvalue weighted by Crippen LogP contribution is -1.95. The van der Waals surface area contributed by atoms with E-state index < -0.39 is 0 Å². The molecule has 0 saturated carbocycles. The Morgan fingerprint density at radius 2 is 2.17 bits per heavy atom. The molecule has 0 spiro atoms. The molecular weight excluding hydrogens is 224 g/mol. The van der Waals surface area contributed by atoms with E-state index >= 15 is 0 Å². The van der Waals surface area contributed by atoms with Crippen LogP contribution in [-0.2, 0) is 6.42 Å². The summed E-state index contributed by atoms with van der Waals surface area (Å²) in [5, 5.41) is 0. The number of rotatable bonds is 4. The minimum absolute atomic E-state index is 0.588. The lowest BCUT2D eigenvalue weighted by Gasteiger charge is -2.10. The van der Waals surface area contributed by atoms with Gasteiger partial charge in [-0.25, -0.2) is 4.98 Å². The molecule has 2 rings (SSSR count). The highest BCUT2D eigenvalue weighted by Gasteiger charge is 2.05. The Kier molecular flexibility index (Phi) is 3.63. The quantitative estimate of drug-likeness (QED) is 0.657. The summed E-state index contributed by atoms with van der Waals surface area (Å²) in [4.78, 5) is 4.18. The van der Waals surface area contributed by atoms with Gasteiger partial charge < -0.3 is 10.5 Å². The maximum Gasteiger partial charge on any atom is 0.219 e. The van der Waals surface area contributed by atoms with Gasteiger partial charge in [0.15, 0.2) is 0 Å². The van der Waals surface area contributed by atoms with Crippen LogP contribution in [0.5, 0.6) is 11.6 Å². The number of aromatic nitrogens is 1. The van der Waals surface area contributed by atoms with Crippen LogP contribution in [0.25, 0.3) is 0 Å². The predicted molar refractivity (Wildman–Crippen MR) is 73.8 cm³/mol. The number of allylic oxidation sites excluding steroid dienone is 1. The molecule has 18 heavy (non-hydrogen) atoms. The van der Waals surface area contributed by atoms with Gasteiger partial charge >= 0.3 is 0 Å². The number of aryl methyl sites for hydroxylation is 1. The molecule has 3 heteroatoms. The number of pyridine rings is 1. The van der Waals surface area contributed by atoms with E-state index in [9.17, 15) is 0 Å². The molecule has 92 valence electrons. The van der Waals surface area contributed by atoms with Gasteiger partial charge in [0.1, 0.15) is 5.75 Å². The first kappa shape index (κ1) is 12.2. The molecule has 0 aliphatic heterocycles. The lowest BCUT2D eigenvalue weighted by molar-refractivity contribution is 0.458. The predicted octanol–water partition coefficient (Wildman–Crippen LogP) is 3.49. The Bertz CT molecular complexity index is 564. The van der Waals surface area contributed by atoms with E-state index in [2.05, 4.69) is 11.6 Å². The number of ether oxygens (including phenoxy) is 1. The average Bonchev–Trinajstić information content (AvgIpc) is 2.33. The van der Waals surface area contributed by atoms with E-state index in [0.717, 1.165) is 22.6 Å². The molecule has 1 heterocycles. The second kappa shape index (κ2) is 5.36. The van der Waals surface area contributed by atoms with Crippen LogP contribution < -0.4 is 10.5 Å². The largest absolute Gasteiger partial charge is 0.439 e. The van der Waals surface area contributed by atoms with E-state index in [0.29, 0.717) is 12.3 Å². The van der Waals surface area contributed by atoms with Crippen LogP contribution in [0, 0.1) is 6.92 Å². The van der Waals surface area contributed by atoms with Crippen molar-refractivity contribution in [3.8, 4) is 11.6 Å². The summed E-state index contributed by atoms with van der Waals surface area (Å²) < 4.78 is 5.78. The van der Waals surface area contributed by atoms with Crippen LogP contribution in [0.15, 0.2) is 49.2 Å². The normalized spacial score (nSPS) is 10.1. The van der Waals surface area contributed by atoms with Crippen LogP contribution in [0.2, 0.25) is 0 Å². The van der Waals surface area contributed by atoms with E-state index in [4.69, 9.17) is 10.5 Å². The number of nitrogens with two attached hydrogens (primary N) is 1.